The molecular weight excluding hydrogens is 356 g/mol. The zero-order valence-electron chi connectivity index (χ0n) is 16.2. The molecule has 4 rings (SSSR count). The van der Waals surface area contributed by atoms with Crippen LogP contribution in [0, 0.1) is 0 Å². The molecule has 0 bridgehead atoms. The molecule has 2 aromatic carbocycles. The van der Waals surface area contributed by atoms with E-state index < -0.39 is 0 Å². The lowest BCUT2D eigenvalue weighted by molar-refractivity contribution is -0.0392. The topological polar surface area (TPSA) is 60.0 Å². The number of amides is 1. The lowest BCUT2D eigenvalue weighted by atomic mass is 10.1. The van der Waals surface area contributed by atoms with Gasteiger partial charge >= 0.3 is 0 Å². The van der Waals surface area contributed by atoms with E-state index in [0.29, 0.717) is 25.4 Å². The molecule has 4 atom stereocenters. The highest BCUT2D eigenvalue weighted by Crippen LogP contribution is 2.29. The average molecular weight is 382 g/mol. The number of rotatable bonds is 6. The molecule has 28 heavy (non-hydrogen) atoms. The SMILES string of the molecule is CN(C)c1ccc(C(=O)N[C@@H]2CO[C@@H]3[C@@H]2OC[C@H]3OCc2ccccc2)cc1. The van der Waals surface area contributed by atoms with Crippen LogP contribution in [0.25, 0.3) is 0 Å². The molecule has 1 amide bonds. The summed E-state index contributed by atoms with van der Waals surface area (Å²) in [4.78, 5) is 14.6. The van der Waals surface area contributed by atoms with E-state index in [1.54, 1.807) is 0 Å². The van der Waals surface area contributed by atoms with E-state index in [4.69, 9.17) is 14.2 Å². The molecule has 6 nitrogen and oxygen atoms in total. The molecule has 2 aromatic rings. The maximum Gasteiger partial charge on any atom is 0.251 e. The summed E-state index contributed by atoms with van der Waals surface area (Å²) in [7, 11) is 3.94. The highest BCUT2D eigenvalue weighted by molar-refractivity contribution is 5.94. The molecule has 0 saturated carbocycles. The molecule has 2 aliphatic rings. The van der Waals surface area contributed by atoms with Gasteiger partial charge in [-0.05, 0) is 29.8 Å². The van der Waals surface area contributed by atoms with E-state index in [1.165, 1.54) is 0 Å². The van der Waals surface area contributed by atoms with Gasteiger partial charge in [0.2, 0.25) is 0 Å². The number of nitrogens with zero attached hydrogens (tertiary/aromatic N) is 1. The molecule has 0 unspecified atom stereocenters. The molecule has 2 fully saturated rings. The third kappa shape index (κ3) is 4.04. The average Bonchev–Trinajstić information content (AvgIpc) is 3.30. The second-order valence-corrected chi connectivity index (χ2v) is 7.45. The van der Waals surface area contributed by atoms with Crippen LogP contribution in [0.1, 0.15) is 15.9 Å². The third-order valence-corrected chi connectivity index (χ3v) is 5.28. The number of nitrogens with one attached hydrogen (secondary N) is 1. The van der Waals surface area contributed by atoms with Crippen molar-refractivity contribution >= 4 is 11.6 Å². The smallest absolute Gasteiger partial charge is 0.251 e. The van der Waals surface area contributed by atoms with Gasteiger partial charge in [-0.25, -0.2) is 0 Å². The summed E-state index contributed by atoms with van der Waals surface area (Å²) in [5.74, 6) is -0.114. The predicted octanol–water partition coefficient (Wildman–Crippen LogP) is 2.23. The Labute approximate surface area is 165 Å². The van der Waals surface area contributed by atoms with Gasteiger partial charge in [0.05, 0.1) is 25.9 Å². The predicted molar refractivity (Wildman–Crippen MR) is 107 cm³/mol. The number of carbonyl (C=O) groups excluding carboxylic acids is 1. The van der Waals surface area contributed by atoms with Gasteiger partial charge < -0.3 is 24.4 Å². The van der Waals surface area contributed by atoms with Crippen molar-refractivity contribution in [2.45, 2.75) is 31.0 Å². The summed E-state index contributed by atoms with van der Waals surface area (Å²) < 4.78 is 17.8. The maximum absolute atomic E-state index is 12.6. The number of hydrogen-bond donors (Lipinski definition) is 1. The Morgan fingerprint density at radius 1 is 1.04 bits per heavy atom. The fourth-order valence-electron chi connectivity index (χ4n) is 3.67. The molecule has 2 heterocycles. The molecule has 0 aromatic heterocycles. The Bertz CT molecular complexity index is 794. The van der Waals surface area contributed by atoms with Crippen molar-refractivity contribution in [3.05, 3.63) is 65.7 Å². The molecular formula is C22H26N2O4. The first kappa shape index (κ1) is 18.9. The first-order valence-corrected chi connectivity index (χ1v) is 9.59. The molecule has 2 aliphatic heterocycles. The summed E-state index contributed by atoms with van der Waals surface area (Å²) in [6, 6.07) is 17.4. The third-order valence-electron chi connectivity index (χ3n) is 5.28. The summed E-state index contributed by atoms with van der Waals surface area (Å²) in [5, 5.41) is 3.05. The second-order valence-electron chi connectivity index (χ2n) is 7.45. The van der Waals surface area contributed by atoms with Gasteiger partial charge in [0, 0.05) is 25.3 Å². The van der Waals surface area contributed by atoms with Crippen molar-refractivity contribution in [1.29, 1.82) is 0 Å². The van der Waals surface area contributed by atoms with Gasteiger partial charge in [-0.2, -0.15) is 0 Å². The number of anilines is 1. The number of fused-ring (bicyclic) bond motifs is 1. The number of benzene rings is 2. The van der Waals surface area contributed by atoms with Crippen LogP contribution in [0.4, 0.5) is 5.69 Å². The maximum atomic E-state index is 12.6. The Morgan fingerprint density at radius 3 is 2.46 bits per heavy atom. The van der Waals surface area contributed by atoms with Gasteiger partial charge in [-0.1, -0.05) is 30.3 Å². The molecule has 2 saturated heterocycles. The van der Waals surface area contributed by atoms with Gasteiger partial charge in [0.15, 0.2) is 0 Å². The van der Waals surface area contributed by atoms with Crippen molar-refractivity contribution in [3.63, 3.8) is 0 Å². The van der Waals surface area contributed by atoms with Crippen LogP contribution in [0.3, 0.4) is 0 Å². The van der Waals surface area contributed by atoms with Crippen LogP contribution in [0.2, 0.25) is 0 Å². The van der Waals surface area contributed by atoms with Crippen molar-refractivity contribution in [2.75, 3.05) is 32.2 Å². The van der Waals surface area contributed by atoms with Crippen LogP contribution >= 0.6 is 0 Å². The Hall–Kier alpha value is -2.41. The van der Waals surface area contributed by atoms with Crippen LogP contribution in [0.5, 0.6) is 0 Å². The number of carbonyl (C=O) groups is 1. The lowest BCUT2D eigenvalue weighted by Gasteiger charge is -2.18. The minimum atomic E-state index is -0.175. The van der Waals surface area contributed by atoms with E-state index in [2.05, 4.69) is 5.32 Å². The Kier molecular flexibility index (Phi) is 5.62. The normalized spacial score (nSPS) is 26.1. The van der Waals surface area contributed by atoms with Crippen molar-refractivity contribution in [3.8, 4) is 0 Å². The minimum absolute atomic E-state index is 0.114. The first-order valence-electron chi connectivity index (χ1n) is 9.59. The largest absolute Gasteiger partial charge is 0.378 e. The van der Waals surface area contributed by atoms with E-state index in [0.717, 1.165) is 11.3 Å². The van der Waals surface area contributed by atoms with E-state index in [9.17, 15) is 4.79 Å². The Balaban J connectivity index is 1.32. The van der Waals surface area contributed by atoms with Crippen LogP contribution in [0.15, 0.2) is 54.6 Å². The minimum Gasteiger partial charge on any atom is -0.378 e. The monoisotopic (exact) mass is 382 g/mol. The van der Waals surface area contributed by atoms with Gasteiger partial charge in [-0.15, -0.1) is 0 Å². The van der Waals surface area contributed by atoms with E-state index in [-0.39, 0.29) is 30.3 Å². The quantitative estimate of drug-likeness (QED) is 0.830. The molecule has 0 spiro atoms. The number of ether oxygens (including phenoxy) is 3. The van der Waals surface area contributed by atoms with Gasteiger partial charge in [-0.3, -0.25) is 4.79 Å². The fourth-order valence-corrected chi connectivity index (χ4v) is 3.67. The lowest BCUT2D eigenvalue weighted by Crippen LogP contribution is -2.44. The zero-order valence-corrected chi connectivity index (χ0v) is 16.2. The van der Waals surface area contributed by atoms with Crippen LogP contribution in [-0.4, -0.2) is 57.6 Å². The number of hydrogen-bond acceptors (Lipinski definition) is 5. The van der Waals surface area contributed by atoms with Crippen LogP contribution in [-0.2, 0) is 20.8 Å². The van der Waals surface area contributed by atoms with Crippen LogP contribution < -0.4 is 10.2 Å². The molecule has 6 heteroatoms. The zero-order chi connectivity index (χ0) is 19.5. The molecule has 0 radical (unpaired) electrons. The molecule has 0 aliphatic carbocycles. The Morgan fingerprint density at radius 2 is 1.75 bits per heavy atom. The summed E-state index contributed by atoms with van der Waals surface area (Å²) in [5.41, 5.74) is 2.80. The van der Waals surface area contributed by atoms with Crippen molar-refractivity contribution in [1.82, 2.24) is 5.32 Å². The first-order chi connectivity index (χ1) is 13.6. The highest BCUT2D eigenvalue weighted by atomic mass is 16.6. The summed E-state index contributed by atoms with van der Waals surface area (Å²) in [6.07, 6.45) is -0.442. The highest BCUT2D eigenvalue weighted by Gasteiger charge is 2.48. The van der Waals surface area contributed by atoms with Gasteiger partial charge in [0.1, 0.15) is 18.3 Å². The summed E-state index contributed by atoms with van der Waals surface area (Å²) >= 11 is 0. The summed E-state index contributed by atoms with van der Waals surface area (Å²) in [6.45, 7) is 1.44. The second kappa shape index (κ2) is 8.31. The van der Waals surface area contributed by atoms with Gasteiger partial charge in [0.25, 0.3) is 5.91 Å². The molecule has 148 valence electrons. The van der Waals surface area contributed by atoms with E-state index in [1.807, 2.05) is 73.6 Å². The van der Waals surface area contributed by atoms with E-state index >= 15 is 0 Å². The van der Waals surface area contributed by atoms with Crippen molar-refractivity contribution < 1.29 is 19.0 Å². The van der Waals surface area contributed by atoms with Crippen molar-refractivity contribution in [2.24, 2.45) is 0 Å². The standard InChI is InChI=1S/C22H26N2O4/c1-24(2)17-10-8-16(9-11-17)22(25)23-18-13-27-21-19(14-28-20(18)21)26-12-15-6-4-3-5-7-15/h3-11,18-21H,12-14H2,1-2H3,(H,23,25)/t18-,19-,20-,21+/m1/s1. The fraction of sp³-hybridized carbons (Fsp3) is 0.409. The molecule has 1 N–H and O–H groups in total.